The fourth-order valence-electron chi connectivity index (χ4n) is 5.40. The molecule has 35 heavy (non-hydrogen) atoms. The van der Waals surface area contributed by atoms with Crippen LogP contribution < -0.4 is 10.6 Å². The van der Waals surface area contributed by atoms with Crippen LogP contribution in [0.25, 0.3) is 10.2 Å². The number of nitrogens with one attached hydrogen (secondary N) is 2. The molecule has 2 aromatic heterocycles. The second kappa shape index (κ2) is 10.00. The molecule has 0 aliphatic heterocycles. The molecule has 3 aromatic rings. The van der Waals surface area contributed by atoms with Crippen molar-refractivity contribution < 1.29 is 9.90 Å². The zero-order chi connectivity index (χ0) is 24.6. The quantitative estimate of drug-likeness (QED) is 0.412. The van der Waals surface area contributed by atoms with E-state index in [0.717, 1.165) is 59.3 Å². The molecular formula is C29H37N3O2S. The van der Waals surface area contributed by atoms with Crippen molar-refractivity contribution in [2.24, 2.45) is 11.3 Å². The Morgan fingerprint density at radius 2 is 1.97 bits per heavy atom. The molecule has 1 amide bonds. The topological polar surface area (TPSA) is 74.2 Å². The Kier molecular flexibility index (Phi) is 6.97. The molecule has 1 saturated carbocycles. The van der Waals surface area contributed by atoms with Crippen LogP contribution in [-0.2, 0) is 12.8 Å². The standard InChI is InChI=1S/C29H37N3O2S/c1-29(2,3)21-9-10-24-19(14-21)13-20-15-26(35-28(20)32-24)27(34)31-25(18-7-5-4-6-8-18)11-12-30-22-16-23(33)17-22/h4-8,13,15,21-23,25,30,33H,9-12,14,16-17H2,1-3H3,(H,31,34)/t21-,22-,23-,25+/m0/s1. The number of rotatable bonds is 7. The SMILES string of the molecule is CC(C)(C)[C@H]1CCc2nc3sc(C(=O)N[C@H](CCN[C@H]4C[C@H](O)C4)c4ccccc4)cc3cc2C1. The lowest BCUT2D eigenvalue weighted by Crippen LogP contribution is -2.45. The zero-order valence-corrected chi connectivity index (χ0v) is 21.8. The number of benzene rings is 1. The van der Waals surface area contributed by atoms with Crippen molar-refractivity contribution in [1.82, 2.24) is 15.6 Å². The maximum absolute atomic E-state index is 13.3. The van der Waals surface area contributed by atoms with E-state index < -0.39 is 0 Å². The number of nitrogens with zero attached hydrogens (tertiary/aromatic N) is 1. The Morgan fingerprint density at radius 1 is 1.20 bits per heavy atom. The van der Waals surface area contributed by atoms with E-state index in [1.807, 2.05) is 24.3 Å². The van der Waals surface area contributed by atoms with Gasteiger partial charge in [-0.25, -0.2) is 4.98 Å². The molecule has 1 aromatic carbocycles. The van der Waals surface area contributed by atoms with Gasteiger partial charge in [-0.2, -0.15) is 0 Å². The van der Waals surface area contributed by atoms with Crippen LogP contribution in [-0.4, -0.2) is 34.7 Å². The summed E-state index contributed by atoms with van der Waals surface area (Å²) in [4.78, 5) is 20.0. The minimum atomic E-state index is -0.163. The van der Waals surface area contributed by atoms with Gasteiger partial charge in [0.05, 0.1) is 17.0 Å². The molecule has 2 heterocycles. The minimum absolute atomic E-state index is 0.0357. The van der Waals surface area contributed by atoms with E-state index in [1.54, 1.807) is 0 Å². The van der Waals surface area contributed by atoms with E-state index in [4.69, 9.17) is 4.98 Å². The number of amides is 1. The number of aryl methyl sites for hydroxylation is 1. The molecule has 2 atom stereocenters. The first-order chi connectivity index (χ1) is 16.8. The number of pyridine rings is 1. The van der Waals surface area contributed by atoms with E-state index in [0.29, 0.717) is 17.4 Å². The first-order valence-corrected chi connectivity index (χ1v) is 13.8. The third-order valence-corrected chi connectivity index (χ3v) is 8.85. The Hall–Kier alpha value is -2.28. The largest absolute Gasteiger partial charge is 0.393 e. The van der Waals surface area contributed by atoms with Crippen LogP contribution in [0.3, 0.4) is 0 Å². The summed E-state index contributed by atoms with van der Waals surface area (Å²) in [6.45, 7) is 7.79. The van der Waals surface area contributed by atoms with Crippen molar-refractivity contribution in [3.63, 3.8) is 0 Å². The Labute approximate surface area is 212 Å². The second-order valence-electron chi connectivity index (χ2n) is 11.4. The number of thiophene rings is 1. The van der Waals surface area contributed by atoms with E-state index >= 15 is 0 Å². The van der Waals surface area contributed by atoms with Gasteiger partial charge in [0, 0.05) is 17.1 Å². The number of carbonyl (C=O) groups is 1. The second-order valence-corrected chi connectivity index (χ2v) is 12.4. The van der Waals surface area contributed by atoms with Crippen molar-refractivity contribution in [3.05, 3.63) is 64.2 Å². The summed E-state index contributed by atoms with van der Waals surface area (Å²) in [5, 5.41) is 17.4. The lowest BCUT2D eigenvalue weighted by molar-refractivity contribution is 0.0623. The van der Waals surface area contributed by atoms with Gasteiger partial charge in [0.25, 0.3) is 5.91 Å². The molecule has 6 heteroatoms. The smallest absolute Gasteiger partial charge is 0.261 e. The maximum atomic E-state index is 13.3. The third kappa shape index (κ3) is 5.60. The number of carbonyl (C=O) groups excluding carboxylic acids is 1. The molecular weight excluding hydrogens is 454 g/mol. The highest BCUT2D eigenvalue weighted by Gasteiger charge is 2.30. The molecule has 3 N–H and O–H groups in total. The van der Waals surface area contributed by atoms with Gasteiger partial charge in [-0.1, -0.05) is 51.1 Å². The van der Waals surface area contributed by atoms with E-state index in [2.05, 4.69) is 49.6 Å². The number of aliphatic hydroxyl groups excluding tert-OH is 1. The molecule has 1 fully saturated rings. The molecule has 0 saturated heterocycles. The van der Waals surface area contributed by atoms with E-state index in [-0.39, 0.29) is 18.1 Å². The minimum Gasteiger partial charge on any atom is -0.393 e. The van der Waals surface area contributed by atoms with Crippen molar-refractivity contribution in [2.75, 3.05) is 6.54 Å². The normalized spacial score (nSPS) is 22.9. The van der Waals surface area contributed by atoms with Gasteiger partial charge in [0.15, 0.2) is 0 Å². The molecule has 0 unspecified atom stereocenters. The number of aromatic nitrogens is 1. The van der Waals surface area contributed by atoms with Crippen LogP contribution in [0, 0.1) is 11.3 Å². The van der Waals surface area contributed by atoms with Crippen LogP contribution in [0.2, 0.25) is 0 Å². The number of hydrogen-bond donors (Lipinski definition) is 3. The van der Waals surface area contributed by atoms with Crippen LogP contribution >= 0.6 is 11.3 Å². The van der Waals surface area contributed by atoms with Crippen LogP contribution in [0.5, 0.6) is 0 Å². The Bertz CT molecular complexity index is 1180. The van der Waals surface area contributed by atoms with Gasteiger partial charge >= 0.3 is 0 Å². The molecule has 5 nitrogen and oxygen atoms in total. The summed E-state index contributed by atoms with van der Waals surface area (Å²) in [7, 11) is 0. The molecule has 5 rings (SSSR count). The van der Waals surface area contributed by atoms with E-state index in [9.17, 15) is 9.90 Å². The number of hydrogen-bond acceptors (Lipinski definition) is 5. The van der Waals surface area contributed by atoms with E-state index in [1.165, 1.54) is 29.0 Å². The third-order valence-electron chi connectivity index (χ3n) is 7.81. The molecule has 2 aliphatic carbocycles. The zero-order valence-electron chi connectivity index (χ0n) is 21.0. The van der Waals surface area contributed by atoms with Gasteiger partial charge in [0.2, 0.25) is 0 Å². The van der Waals surface area contributed by atoms with Gasteiger partial charge in [-0.3, -0.25) is 4.79 Å². The first kappa shape index (κ1) is 24.4. The summed E-state index contributed by atoms with van der Waals surface area (Å²) in [6.07, 6.45) is 5.54. The summed E-state index contributed by atoms with van der Waals surface area (Å²) >= 11 is 1.50. The highest BCUT2D eigenvalue weighted by Crippen LogP contribution is 2.38. The number of fused-ring (bicyclic) bond motifs is 2. The van der Waals surface area contributed by atoms with Gasteiger partial charge in [-0.15, -0.1) is 11.3 Å². The molecule has 186 valence electrons. The highest BCUT2D eigenvalue weighted by molar-refractivity contribution is 7.20. The molecule has 2 aliphatic rings. The van der Waals surface area contributed by atoms with Gasteiger partial charge in [0.1, 0.15) is 4.83 Å². The number of aliphatic hydroxyl groups is 1. The lowest BCUT2D eigenvalue weighted by Gasteiger charge is -2.34. The molecule has 0 bridgehead atoms. The fourth-order valence-corrected chi connectivity index (χ4v) is 6.33. The summed E-state index contributed by atoms with van der Waals surface area (Å²) < 4.78 is 0. The predicted octanol–water partition coefficient (Wildman–Crippen LogP) is 5.42. The average Bonchev–Trinajstić information content (AvgIpc) is 3.23. The Morgan fingerprint density at radius 3 is 2.69 bits per heavy atom. The summed E-state index contributed by atoms with van der Waals surface area (Å²) in [5.41, 5.74) is 3.97. The van der Waals surface area contributed by atoms with Crippen molar-refractivity contribution in [3.8, 4) is 0 Å². The van der Waals surface area contributed by atoms with Gasteiger partial charge in [-0.05, 0) is 79.7 Å². The van der Waals surface area contributed by atoms with Crippen molar-refractivity contribution >= 4 is 27.5 Å². The van der Waals surface area contributed by atoms with Crippen molar-refractivity contribution in [2.45, 2.75) is 77.5 Å². The Balaban J connectivity index is 1.30. The van der Waals surface area contributed by atoms with Crippen molar-refractivity contribution in [1.29, 1.82) is 0 Å². The monoisotopic (exact) mass is 491 g/mol. The lowest BCUT2D eigenvalue weighted by atomic mass is 9.71. The molecule has 0 spiro atoms. The highest BCUT2D eigenvalue weighted by atomic mass is 32.1. The van der Waals surface area contributed by atoms with Crippen LogP contribution in [0.15, 0.2) is 42.5 Å². The summed E-state index contributed by atoms with van der Waals surface area (Å²) in [6, 6.07) is 14.8. The summed E-state index contributed by atoms with van der Waals surface area (Å²) in [5.74, 6) is 0.630. The fraction of sp³-hybridized carbons (Fsp3) is 0.517. The maximum Gasteiger partial charge on any atom is 0.261 e. The van der Waals surface area contributed by atoms with Gasteiger partial charge < -0.3 is 15.7 Å². The average molecular weight is 492 g/mol. The first-order valence-electron chi connectivity index (χ1n) is 13.0. The predicted molar refractivity (Wildman–Crippen MR) is 143 cm³/mol. The van der Waals surface area contributed by atoms with Crippen LogP contribution in [0.4, 0.5) is 0 Å². The molecule has 0 radical (unpaired) electrons. The van der Waals surface area contributed by atoms with Crippen LogP contribution in [0.1, 0.15) is 79.0 Å².